The molecule has 0 bridgehead atoms. The van der Waals surface area contributed by atoms with Crippen molar-refractivity contribution in [3.05, 3.63) is 23.9 Å². The highest BCUT2D eigenvalue weighted by Crippen LogP contribution is 2.13. The first-order chi connectivity index (χ1) is 5.75. The lowest BCUT2D eigenvalue weighted by atomic mass is 10.3. The van der Waals surface area contributed by atoms with Gasteiger partial charge in [-0.3, -0.25) is 0 Å². The summed E-state index contributed by atoms with van der Waals surface area (Å²) in [6.07, 6.45) is 1.46. The molecule has 12 heavy (non-hydrogen) atoms. The van der Waals surface area contributed by atoms with Gasteiger partial charge < -0.3 is 9.84 Å². The fourth-order valence-electron chi connectivity index (χ4n) is 0.730. The average molecular weight is 185 g/mol. The summed E-state index contributed by atoms with van der Waals surface area (Å²) in [6.45, 7) is 0. The number of ether oxygens (including phenoxy) is 1. The number of aromatic carboxylic acids is 1. The number of hydrogen-bond acceptors (Lipinski definition) is 4. The molecule has 0 saturated carbocycles. The predicted molar refractivity (Wildman–Crippen MR) is 45.7 cm³/mol. The summed E-state index contributed by atoms with van der Waals surface area (Å²) in [6, 6.07) is 2.96. The predicted octanol–water partition coefficient (Wildman–Crippen LogP) is 1.05. The van der Waals surface area contributed by atoms with E-state index in [0.717, 1.165) is 0 Å². The second-order valence-electron chi connectivity index (χ2n) is 1.93. The van der Waals surface area contributed by atoms with Gasteiger partial charge in [-0.15, -0.1) is 12.6 Å². The van der Waals surface area contributed by atoms with Gasteiger partial charge in [-0.2, -0.15) is 0 Å². The zero-order chi connectivity index (χ0) is 8.97. The van der Waals surface area contributed by atoms with Crippen LogP contribution >= 0.6 is 12.6 Å². The van der Waals surface area contributed by atoms with Crippen LogP contribution in [0.15, 0.2) is 18.3 Å². The molecule has 0 saturated heterocycles. The summed E-state index contributed by atoms with van der Waals surface area (Å²) in [4.78, 5) is 14.3. The lowest BCUT2D eigenvalue weighted by Gasteiger charge is -2.03. The summed E-state index contributed by atoms with van der Waals surface area (Å²) in [7, 11) is 0. The number of nitrogens with zero attached hydrogens (tertiary/aromatic N) is 1. The number of hydrogen-bond donors (Lipinski definition) is 2. The maximum Gasteiger partial charge on any atom is 0.341 e. The van der Waals surface area contributed by atoms with E-state index in [-0.39, 0.29) is 17.4 Å². The number of rotatable bonds is 3. The third-order valence-electron chi connectivity index (χ3n) is 1.20. The molecule has 0 fully saturated rings. The molecule has 0 aliphatic carbocycles. The first kappa shape index (κ1) is 8.86. The Hall–Kier alpha value is -1.23. The summed E-state index contributed by atoms with van der Waals surface area (Å²) in [5.74, 6) is -0.850. The number of thiol groups is 1. The largest absolute Gasteiger partial charge is 0.477 e. The van der Waals surface area contributed by atoms with Crippen molar-refractivity contribution < 1.29 is 14.6 Å². The molecular weight excluding hydrogens is 178 g/mol. The monoisotopic (exact) mass is 185 g/mol. The van der Waals surface area contributed by atoms with Gasteiger partial charge >= 0.3 is 5.97 Å². The van der Waals surface area contributed by atoms with E-state index in [1.54, 1.807) is 0 Å². The fraction of sp³-hybridized carbons (Fsp3) is 0.143. The lowest BCUT2D eigenvalue weighted by molar-refractivity contribution is 0.0692. The average Bonchev–Trinajstić information content (AvgIpc) is 2.05. The van der Waals surface area contributed by atoms with E-state index >= 15 is 0 Å². The Morgan fingerprint density at radius 1 is 1.75 bits per heavy atom. The highest BCUT2D eigenvalue weighted by Gasteiger charge is 2.10. The first-order valence-electron chi connectivity index (χ1n) is 3.17. The van der Waals surface area contributed by atoms with Crippen LogP contribution in [0.25, 0.3) is 0 Å². The Morgan fingerprint density at radius 3 is 3.08 bits per heavy atom. The molecule has 0 aliphatic heterocycles. The van der Waals surface area contributed by atoms with Crippen molar-refractivity contribution in [2.24, 2.45) is 0 Å². The number of carboxylic acids is 1. The lowest BCUT2D eigenvalue weighted by Crippen LogP contribution is -2.03. The molecule has 0 unspecified atom stereocenters. The van der Waals surface area contributed by atoms with E-state index in [0.29, 0.717) is 0 Å². The van der Waals surface area contributed by atoms with Gasteiger partial charge in [0, 0.05) is 6.20 Å². The van der Waals surface area contributed by atoms with Gasteiger partial charge in [0.25, 0.3) is 0 Å². The Bertz CT molecular complexity index is 290. The maximum atomic E-state index is 10.6. The number of carboxylic acid groups (broad SMARTS) is 1. The molecule has 0 aromatic carbocycles. The Kier molecular flexibility index (Phi) is 2.93. The molecule has 0 aliphatic rings. The van der Waals surface area contributed by atoms with E-state index in [9.17, 15) is 4.79 Å². The van der Waals surface area contributed by atoms with Crippen LogP contribution in [-0.4, -0.2) is 22.0 Å². The molecule has 1 N–H and O–H groups in total. The first-order valence-corrected chi connectivity index (χ1v) is 3.81. The van der Waals surface area contributed by atoms with Crippen molar-refractivity contribution in [2.45, 2.75) is 0 Å². The molecule has 5 heteroatoms. The van der Waals surface area contributed by atoms with Crippen molar-refractivity contribution >= 4 is 18.6 Å². The SMILES string of the molecule is O=C(O)c1cccnc1OCS. The second kappa shape index (κ2) is 3.96. The molecule has 64 valence electrons. The van der Waals surface area contributed by atoms with Crippen LogP contribution < -0.4 is 4.74 Å². The van der Waals surface area contributed by atoms with Gasteiger partial charge in [-0.05, 0) is 12.1 Å². The van der Waals surface area contributed by atoms with Gasteiger partial charge in [-0.1, -0.05) is 0 Å². The third kappa shape index (κ3) is 1.88. The molecule has 1 aromatic rings. The van der Waals surface area contributed by atoms with Crippen LogP contribution in [0.4, 0.5) is 0 Å². The van der Waals surface area contributed by atoms with Crippen molar-refractivity contribution in [1.82, 2.24) is 4.98 Å². The molecule has 0 radical (unpaired) electrons. The van der Waals surface area contributed by atoms with Crippen LogP contribution in [0.5, 0.6) is 5.88 Å². The van der Waals surface area contributed by atoms with E-state index in [1.165, 1.54) is 18.3 Å². The second-order valence-corrected chi connectivity index (χ2v) is 2.19. The van der Waals surface area contributed by atoms with Crippen molar-refractivity contribution in [3.63, 3.8) is 0 Å². The van der Waals surface area contributed by atoms with Crippen molar-refractivity contribution in [3.8, 4) is 5.88 Å². The van der Waals surface area contributed by atoms with E-state index < -0.39 is 5.97 Å². The summed E-state index contributed by atoms with van der Waals surface area (Å²) in [5.41, 5.74) is 0.0477. The number of carbonyl (C=O) groups is 1. The normalized spacial score (nSPS) is 9.42. The third-order valence-corrected chi connectivity index (χ3v) is 1.33. The molecular formula is C7H7NO3S. The van der Waals surface area contributed by atoms with Crippen molar-refractivity contribution in [1.29, 1.82) is 0 Å². The Labute approximate surface area is 74.6 Å². The summed E-state index contributed by atoms with van der Waals surface area (Å²) >= 11 is 3.79. The van der Waals surface area contributed by atoms with Crippen LogP contribution in [-0.2, 0) is 0 Å². The van der Waals surface area contributed by atoms with Crippen LogP contribution in [0, 0.1) is 0 Å². The van der Waals surface area contributed by atoms with Gasteiger partial charge in [0.15, 0.2) is 0 Å². The van der Waals surface area contributed by atoms with E-state index in [1.807, 2.05) is 0 Å². The van der Waals surface area contributed by atoms with Gasteiger partial charge in [0.2, 0.25) is 5.88 Å². The topological polar surface area (TPSA) is 59.4 Å². The minimum absolute atomic E-state index is 0.0477. The van der Waals surface area contributed by atoms with Gasteiger partial charge in [0.1, 0.15) is 11.5 Å². The molecule has 4 nitrogen and oxygen atoms in total. The fourth-order valence-corrected chi connectivity index (χ4v) is 0.852. The maximum absolute atomic E-state index is 10.6. The van der Waals surface area contributed by atoms with Crippen molar-refractivity contribution in [2.75, 3.05) is 5.94 Å². The molecule has 1 rings (SSSR count). The minimum Gasteiger partial charge on any atom is -0.477 e. The summed E-state index contributed by atoms with van der Waals surface area (Å²) in [5, 5.41) is 8.65. The highest BCUT2D eigenvalue weighted by molar-refractivity contribution is 7.80. The molecule has 1 heterocycles. The van der Waals surface area contributed by atoms with E-state index in [2.05, 4.69) is 17.6 Å². The minimum atomic E-state index is -1.06. The highest BCUT2D eigenvalue weighted by atomic mass is 32.1. The summed E-state index contributed by atoms with van der Waals surface area (Å²) < 4.78 is 4.87. The Morgan fingerprint density at radius 2 is 2.50 bits per heavy atom. The number of pyridine rings is 1. The molecule has 1 aromatic heterocycles. The standard InChI is InChI=1S/C7H7NO3S/c9-7(10)5-2-1-3-8-6(5)11-4-12/h1-3,12H,4H2,(H,9,10). The zero-order valence-electron chi connectivity index (χ0n) is 6.10. The van der Waals surface area contributed by atoms with Gasteiger partial charge in [0.05, 0.1) is 0 Å². The smallest absolute Gasteiger partial charge is 0.341 e. The van der Waals surface area contributed by atoms with Crippen LogP contribution in [0.1, 0.15) is 10.4 Å². The zero-order valence-corrected chi connectivity index (χ0v) is 6.99. The molecule has 0 atom stereocenters. The van der Waals surface area contributed by atoms with Gasteiger partial charge in [-0.25, -0.2) is 9.78 Å². The quantitative estimate of drug-likeness (QED) is 0.545. The number of aromatic nitrogens is 1. The molecule has 0 amide bonds. The van der Waals surface area contributed by atoms with Crippen LogP contribution in [0.3, 0.4) is 0 Å². The molecule has 0 spiro atoms. The van der Waals surface area contributed by atoms with Crippen LogP contribution in [0.2, 0.25) is 0 Å². The van der Waals surface area contributed by atoms with E-state index in [4.69, 9.17) is 9.84 Å². The Balaban J connectivity index is 3.00.